The van der Waals surface area contributed by atoms with E-state index in [0.29, 0.717) is 13.1 Å². The number of imidazole rings is 2. The molecule has 4 amide bonds. The predicted molar refractivity (Wildman–Crippen MR) is 223 cm³/mol. The molecule has 2 saturated heterocycles. The number of nitrogens with one attached hydrogen (secondary N) is 5. The van der Waals surface area contributed by atoms with Crippen LogP contribution in [0, 0.1) is 5.92 Å². The summed E-state index contributed by atoms with van der Waals surface area (Å²) < 4.78 is 14.3. The minimum absolute atomic E-state index is 0.109. The number of nitrogens with zero attached hydrogens (tertiary/aromatic N) is 4. The normalized spacial score (nSPS) is 15.7. The number of benzene rings is 2. The van der Waals surface area contributed by atoms with Gasteiger partial charge in [-0.25, -0.2) is 24.5 Å². The van der Waals surface area contributed by atoms with Gasteiger partial charge in [0.15, 0.2) is 0 Å². The van der Waals surface area contributed by atoms with Crippen LogP contribution in [0.15, 0.2) is 54.7 Å². The molecule has 2 aliphatic heterocycles. The van der Waals surface area contributed by atoms with Gasteiger partial charge in [0.25, 0.3) is 0 Å². The maximum absolute atomic E-state index is 13.6. The molecular formula is C43H55N9O7. The molecule has 5 aromatic rings. The zero-order chi connectivity index (χ0) is 41.7. The SMILES string of the molecule is C1CCOCC1.COC(=O)NCC(=O)NCCCCc1ncc(-c2ccc3nc(-c4ccc5nc(C6CCCN6C(=O)C(NC(=O)OC)C(C)C)[nH]c5c4)ccc3c2)[nH]1. The van der Waals surface area contributed by atoms with E-state index >= 15 is 0 Å². The molecule has 2 unspecified atom stereocenters. The van der Waals surface area contributed by atoms with Gasteiger partial charge in [0.1, 0.15) is 17.7 Å². The fraction of sp³-hybridized carbons (Fsp3) is 0.465. The highest BCUT2D eigenvalue weighted by Gasteiger charge is 2.37. The number of likely N-dealkylation sites (tertiary alicyclic amines) is 1. The van der Waals surface area contributed by atoms with E-state index in [2.05, 4.69) is 47.8 Å². The summed E-state index contributed by atoms with van der Waals surface area (Å²) in [5.74, 6) is 1.07. The maximum Gasteiger partial charge on any atom is 0.407 e. The number of unbranched alkanes of at least 4 members (excludes halogenated alkanes) is 1. The molecule has 0 saturated carbocycles. The van der Waals surface area contributed by atoms with Crippen LogP contribution in [-0.4, -0.2) is 107 Å². The van der Waals surface area contributed by atoms with Crippen molar-refractivity contribution in [2.75, 3.05) is 47.1 Å². The summed E-state index contributed by atoms with van der Waals surface area (Å²) in [6.45, 7) is 6.77. The number of ether oxygens (including phenoxy) is 3. The van der Waals surface area contributed by atoms with Crippen LogP contribution in [0.25, 0.3) is 44.5 Å². The van der Waals surface area contributed by atoms with Crippen LogP contribution in [0.4, 0.5) is 9.59 Å². The van der Waals surface area contributed by atoms with E-state index in [1.807, 2.05) is 61.3 Å². The minimum Gasteiger partial charge on any atom is -0.453 e. The van der Waals surface area contributed by atoms with Crippen LogP contribution in [0.2, 0.25) is 0 Å². The number of H-pyrrole nitrogens is 2. The van der Waals surface area contributed by atoms with E-state index in [1.165, 1.54) is 33.5 Å². The molecule has 2 aliphatic rings. The van der Waals surface area contributed by atoms with E-state index in [4.69, 9.17) is 19.4 Å². The third kappa shape index (κ3) is 11.3. The molecule has 0 aliphatic carbocycles. The molecule has 7 rings (SSSR count). The summed E-state index contributed by atoms with van der Waals surface area (Å²) in [5.41, 5.74) is 6.21. The van der Waals surface area contributed by atoms with Gasteiger partial charge < -0.3 is 45.0 Å². The monoisotopic (exact) mass is 809 g/mol. The number of aromatic amines is 2. The fourth-order valence-electron chi connectivity index (χ4n) is 7.25. The van der Waals surface area contributed by atoms with E-state index in [-0.39, 0.29) is 30.3 Å². The lowest BCUT2D eigenvalue weighted by Crippen LogP contribution is -2.51. The van der Waals surface area contributed by atoms with Crippen LogP contribution in [0.3, 0.4) is 0 Å². The van der Waals surface area contributed by atoms with Gasteiger partial charge in [-0.2, -0.15) is 0 Å². The number of aryl methyl sites for hydroxylation is 1. The summed E-state index contributed by atoms with van der Waals surface area (Å²) in [7, 11) is 2.54. The lowest BCUT2D eigenvalue weighted by Gasteiger charge is -2.29. The topological polar surface area (TPSA) is 206 Å². The van der Waals surface area contributed by atoms with Gasteiger partial charge in [0, 0.05) is 49.2 Å². The van der Waals surface area contributed by atoms with Crippen molar-refractivity contribution in [3.63, 3.8) is 0 Å². The molecule has 16 heteroatoms. The second kappa shape index (κ2) is 20.6. The third-order valence-corrected chi connectivity index (χ3v) is 10.5. The molecule has 2 atom stereocenters. The van der Waals surface area contributed by atoms with Crippen molar-refractivity contribution in [2.45, 2.75) is 77.3 Å². The Balaban J connectivity index is 0.000000894. The number of carbonyl (C=O) groups excluding carboxylic acids is 4. The highest BCUT2D eigenvalue weighted by molar-refractivity contribution is 5.88. The highest BCUT2D eigenvalue weighted by Crippen LogP contribution is 2.34. The zero-order valence-corrected chi connectivity index (χ0v) is 34.3. The molecule has 314 valence electrons. The highest BCUT2D eigenvalue weighted by atomic mass is 16.5. The molecule has 5 heterocycles. The van der Waals surface area contributed by atoms with E-state index in [1.54, 1.807) is 0 Å². The van der Waals surface area contributed by atoms with Gasteiger partial charge in [-0.3, -0.25) is 9.59 Å². The number of hydrogen-bond donors (Lipinski definition) is 5. The summed E-state index contributed by atoms with van der Waals surface area (Å²) >= 11 is 0. The molecule has 0 spiro atoms. The minimum atomic E-state index is -0.694. The van der Waals surface area contributed by atoms with E-state index in [9.17, 15) is 19.2 Å². The van der Waals surface area contributed by atoms with Gasteiger partial charge >= 0.3 is 12.2 Å². The Kier molecular flexibility index (Phi) is 14.9. The maximum atomic E-state index is 13.6. The lowest BCUT2D eigenvalue weighted by molar-refractivity contribution is -0.135. The summed E-state index contributed by atoms with van der Waals surface area (Å²) in [4.78, 5) is 71.4. The number of fused-ring (bicyclic) bond motifs is 2. The van der Waals surface area contributed by atoms with Crippen molar-refractivity contribution in [1.29, 1.82) is 0 Å². The number of pyridine rings is 1. The first-order valence-corrected chi connectivity index (χ1v) is 20.4. The van der Waals surface area contributed by atoms with Crippen molar-refractivity contribution in [1.82, 2.24) is 45.8 Å². The van der Waals surface area contributed by atoms with Crippen molar-refractivity contribution < 1.29 is 33.4 Å². The van der Waals surface area contributed by atoms with E-state index < -0.39 is 18.2 Å². The number of carbonyl (C=O) groups is 4. The summed E-state index contributed by atoms with van der Waals surface area (Å²) in [6, 6.07) is 15.3. The Morgan fingerprint density at radius 3 is 2.37 bits per heavy atom. The average Bonchev–Trinajstić information content (AvgIpc) is 4.05. The molecule has 2 aromatic carbocycles. The summed E-state index contributed by atoms with van der Waals surface area (Å²) in [5, 5.41) is 8.82. The molecule has 0 bridgehead atoms. The quantitative estimate of drug-likeness (QED) is 0.0853. The number of amides is 4. The van der Waals surface area contributed by atoms with Crippen LogP contribution in [-0.2, 0) is 30.2 Å². The molecule has 0 radical (unpaired) electrons. The third-order valence-electron chi connectivity index (χ3n) is 10.5. The van der Waals surface area contributed by atoms with Crippen molar-refractivity contribution >= 4 is 45.9 Å². The van der Waals surface area contributed by atoms with Crippen LogP contribution in [0.1, 0.15) is 76.5 Å². The van der Waals surface area contributed by atoms with E-state index in [0.717, 1.165) is 101 Å². The van der Waals surface area contributed by atoms with Crippen LogP contribution in [0.5, 0.6) is 0 Å². The van der Waals surface area contributed by atoms with Crippen LogP contribution < -0.4 is 16.0 Å². The number of methoxy groups -OCH3 is 2. The predicted octanol–water partition coefficient (Wildman–Crippen LogP) is 6.19. The Hall–Kier alpha value is -6.03. The molecule has 16 nitrogen and oxygen atoms in total. The van der Waals surface area contributed by atoms with Gasteiger partial charge in [0.2, 0.25) is 11.8 Å². The van der Waals surface area contributed by atoms with Crippen molar-refractivity contribution in [2.24, 2.45) is 5.92 Å². The van der Waals surface area contributed by atoms with Crippen molar-refractivity contribution in [3.05, 3.63) is 66.4 Å². The van der Waals surface area contributed by atoms with Gasteiger partial charge in [-0.15, -0.1) is 0 Å². The molecule has 2 fully saturated rings. The Labute approximate surface area is 343 Å². The van der Waals surface area contributed by atoms with Gasteiger partial charge in [0.05, 0.1) is 60.9 Å². The number of alkyl carbamates (subject to hydrolysis) is 2. The number of rotatable bonds is 13. The fourth-order valence-corrected chi connectivity index (χ4v) is 7.25. The second-order valence-corrected chi connectivity index (χ2v) is 15.1. The Morgan fingerprint density at radius 1 is 0.864 bits per heavy atom. The first kappa shape index (κ1) is 42.6. The second-order valence-electron chi connectivity index (χ2n) is 15.1. The Morgan fingerprint density at radius 2 is 1.64 bits per heavy atom. The first-order valence-electron chi connectivity index (χ1n) is 20.4. The molecular weight excluding hydrogens is 755 g/mol. The van der Waals surface area contributed by atoms with Crippen LogP contribution >= 0.6 is 0 Å². The average molecular weight is 810 g/mol. The largest absolute Gasteiger partial charge is 0.453 e. The number of aromatic nitrogens is 5. The summed E-state index contributed by atoms with van der Waals surface area (Å²) in [6.07, 6.45) is 8.45. The van der Waals surface area contributed by atoms with Crippen molar-refractivity contribution in [3.8, 4) is 22.5 Å². The standard InChI is InChI=1S/C38H45N9O6.C5H10O/c1-22(2)34(46-38(51)53-4)36(49)47-17-7-8-31(47)35-44-28-15-12-25(19-29(28)45-35)27-13-10-23-18-24(11-14-26(23)42-27)30-20-40-32(43-30)9-5-6-16-39-33(48)21-41-37(50)52-3;1-2-4-6-5-3-1/h10-15,18-20,22,31,34H,5-9,16-17,21H2,1-4H3,(H,39,48)(H,40,43)(H,41,50)(H,44,45)(H,46,51);1-5H2. The molecule has 59 heavy (non-hydrogen) atoms. The lowest BCUT2D eigenvalue weighted by atomic mass is 10.0. The first-order chi connectivity index (χ1) is 28.6. The Bertz CT molecular complexity index is 2200. The molecule has 5 N–H and O–H groups in total. The number of hydrogen-bond acceptors (Lipinski definition) is 10. The van der Waals surface area contributed by atoms with Gasteiger partial charge in [-0.1, -0.05) is 32.0 Å². The smallest absolute Gasteiger partial charge is 0.407 e. The zero-order valence-electron chi connectivity index (χ0n) is 34.3. The van der Waals surface area contributed by atoms with Gasteiger partial charge in [-0.05, 0) is 81.2 Å². The molecule has 3 aromatic heterocycles.